The Morgan fingerprint density at radius 2 is 1.80 bits per heavy atom. The molecule has 0 bridgehead atoms. The minimum Gasteiger partial charge on any atom is -0.366 e. The van der Waals surface area contributed by atoms with Gasteiger partial charge in [-0.05, 0) is 53.8 Å². The molecule has 3 aromatic carbocycles. The van der Waals surface area contributed by atoms with E-state index in [1.807, 2.05) is 36.4 Å². The van der Waals surface area contributed by atoms with Crippen molar-refractivity contribution < 1.29 is 4.92 Å². The van der Waals surface area contributed by atoms with E-state index in [1.54, 1.807) is 12.1 Å². The fourth-order valence-electron chi connectivity index (χ4n) is 5.65. The highest BCUT2D eigenvalue weighted by atomic mass is 35.5. The normalized spacial score (nSPS) is 19.8. The van der Waals surface area contributed by atoms with Crippen LogP contribution in [0.4, 0.5) is 11.4 Å². The molecule has 6 rings (SSSR count). The largest absolute Gasteiger partial charge is 0.366 e. The Morgan fingerprint density at radius 3 is 2.57 bits per heavy atom. The van der Waals surface area contributed by atoms with Gasteiger partial charge in [0.2, 0.25) is 0 Å². The summed E-state index contributed by atoms with van der Waals surface area (Å²) < 4.78 is 0. The van der Waals surface area contributed by atoms with Crippen LogP contribution in [-0.4, -0.2) is 29.5 Å². The number of nitrogens with one attached hydrogen (secondary N) is 2. The molecule has 0 aliphatic carbocycles. The van der Waals surface area contributed by atoms with Crippen LogP contribution < -0.4 is 10.2 Å². The number of nitro groups is 1. The van der Waals surface area contributed by atoms with Crippen molar-refractivity contribution in [3.05, 3.63) is 103 Å². The summed E-state index contributed by atoms with van der Waals surface area (Å²) in [6, 6.07) is 19.3. The molecule has 0 spiro atoms. The number of H-pyrrole nitrogens is 1. The first-order valence-electron chi connectivity index (χ1n) is 11.8. The maximum atomic E-state index is 12.0. The first kappa shape index (κ1) is 22.4. The van der Waals surface area contributed by atoms with Crippen LogP contribution in [0.15, 0.2) is 60.7 Å². The average Bonchev–Trinajstić information content (AvgIpc) is 3.52. The van der Waals surface area contributed by atoms with Crippen LogP contribution in [0.2, 0.25) is 10.0 Å². The topological polar surface area (TPSA) is 74.2 Å². The smallest absolute Gasteiger partial charge is 0.292 e. The van der Waals surface area contributed by atoms with Gasteiger partial charge in [0.15, 0.2) is 0 Å². The predicted octanol–water partition coefficient (Wildman–Crippen LogP) is 6.81. The fourth-order valence-corrected chi connectivity index (χ4v) is 6.19. The lowest BCUT2D eigenvalue weighted by molar-refractivity contribution is -0.384. The van der Waals surface area contributed by atoms with Crippen LogP contribution in [0.1, 0.15) is 47.2 Å². The number of nitrogens with zero attached hydrogens (tertiary/aromatic N) is 2. The van der Waals surface area contributed by atoms with Crippen LogP contribution in [0.5, 0.6) is 0 Å². The third-order valence-electron chi connectivity index (χ3n) is 7.25. The van der Waals surface area contributed by atoms with E-state index < -0.39 is 0 Å². The Morgan fingerprint density at radius 1 is 1.00 bits per heavy atom. The number of aromatic amines is 1. The average molecular weight is 507 g/mol. The van der Waals surface area contributed by atoms with Crippen molar-refractivity contribution in [2.24, 2.45) is 0 Å². The second-order valence-electron chi connectivity index (χ2n) is 9.26. The summed E-state index contributed by atoms with van der Waals surface area (Å²) in [5.41, 5.74) is 5.94. The van der Waals surface area contributed by atoms with Gasteiger partial charge in [-0.15, -0.1) is 0 Å². The Labute approximate surface area is 213 Å². The highest BCUT2D eigenvalue weighted by Gasteiger charge is 2.34. The standard InChI is InChI=1S/C27H24Cl2N4O2/c28-17-8-9-18(21(29)14-17)20-15-30-26(27-25(20)19-5-1-2-6-22(19)31-27)16-7-10-23(24(13-16)33(34)35)32-11-3-4-12-32/h1-2,5-10,13-14,20,26,30-31H,3-4,11-12,15H2. The van der Waals surface area contributed by atoms with E-state index in [0.29, 0.717) is 22.3 Å². The third kappa shape index (κ3) is 3.86. The number of rotatable bonds is 4. The number of hydrogen-bond donors (Lipinski definition) is 2. The summed E-state index contributed by atoms with van der Waals surface area (Å²) in [7, 11) is 0. The van der Waals surface area contributed by atoms with Gasteiger partial charge in [0, 0.05) is 58.3 Å². The number of para-hydroxylation sites is 1. The number of benzene rings is 3. The number of aromatic nitrogens is 1. The van der Waals surface area contributed by atoms with Crippen molar-refractivity contribution >= 4 is 45.5 Å². The van der Waals surface area contributed by atoms with E-state index in [9.17, 15) is 10.1 Å². The lowest BCUT2D eigenvalue weighted by Gasteiger charge is -2.32. The maximum absolute atomic E-state index is 12.0. The molecule has 6 nitrogen and oxygen atoms in total. The van der Waals surface area contributed by atoms with Crippen molar-refractivity contribution in [1.82, 2.24) is 10.3 Å². The van der Waals surface area contributed by atoms with E-state index in [-0.39, 0.29) is 22.6 Å². The quantitative estimate of drug-likeness (QED) is 0.235. The van der Waals surface area contributed by atoms with E-state index >= 15 is 0 Å². The van der Waals surface area contributed by atoms with Gasteiger partial charge in [-0.3, -0.25) is 10.1 Å². The molecule has 0 saturated carbocycles. The molecule has 0 radical (unpaired) electrons. The number of halogens is 2. The Balaban J connectivity index is 1.48. The molecule has 35 heavy (non-hydrogen) atoms. The molecule has 0 amide bonds. The van der Waals surface area contributed by atoms with Crippen molar-refractivity contribution in [1.29, 1.82) is 0 Å². The van der Waals surface area contributed by atoms with Gasteiger partial charge in [0.05, 0.1) is 11.0 Å². The first-order valence-corrected chi connectivity index (χ1v) is 12.6. The minimum atomic E-state index is -0.262. The van der Waals surface area contributed by atoms with Gasteiger partial charge in [0.25, 0.3) is 5.69 Å². The molecule has 2 aliphatic heterocycles. The molecule has 1 aromatic heterocycles. The zero-order valence-electron chi connectivity index (χ0n) is 18.9. The number of nitro benzene ring substituents is 1. The molecule has 4 aromatic rings. The molecule has 2 N–H and O–H groups in total. The lowest BCUT2D eigenvalue weighted by Crippen LogP contribution is -2.34. The lowest BCUT2D eigenvalue weighted by atomic mass is 9.83. The van der Waals surface area contributed by atoms with Crippen molar-refractivity contribution in [3.8, 4) is 0 Å². The Bertz CT molecular complexity index is 1440. The molecule has 2 aliphatic rings. The second-order valence-corrected chi connectivity index (χ2v) is 10.1. The van der Waals surface area contributed by atoms with Crippen molar-refractivity contribution in [3.63, 3.8) is 0 Å². The molecule has 3 heterocycles. The van der Waals surface area contributed by atoms with Gasteiger partial charge in [-0.2, -0.15) is 0 Å². The van der Waals surface area contributed by atoms with E-state index in [0.717, 1.165) is 53.7 Å². The SMILES string of the molecule is O=[N+]([O-])c1cc(C2NCC(c3ccc(Cl)cc3Cl)c3c2[nH]c2ccccc32)ccc1N1CCCC1. The molecule has 1 saturated heterocycles. The predicted molar refractivity (Wildman–Crippen MR) is 141 cm³/mol. The fraction of sp³-hybridized carbons (Fsp3) is 0.259. The Hall–Kier alpha value is -3.06. The summed E-state index contributed by atoms with van der Waals surface area (Å²) >= 11 is 12.8. The molecule has 2 unspecified atom stereocenters. The zero-order chi connectivity index (χ0) is 24.1. The number of fused-ring (bicyclic) bond motifs is 3. The summed E-state index contributed by atoms with van der Waals surface area (Å²) in [5, 5.41) is 18.0. The second kappa shape index (κ2) is 8.86. The van der Waals surface area contributed by atoms with Crippen LogP contribution in [0, 0.1) is 10.1 Å². The van der Waals surface area contributed by atoms with E-state index in [2.05, 4.69) is 27.3 Å². The third-order valence-corrected chi connectivity index (χ3v) is 7.82. The van der Waals surface area contributed by atoms with Gasteiger partial charge >= 0.3 is 0 Å². The molecule has 1 fully saturated rings. The van der Waals surface area contributed by atoms with E-state index in [1.165, 1.54) is 5.56 Å². The maximum Gasteiger partial charge on any atom is 0.292 e. The van der Waals surface area contributed by atoms with Gasteiger partial charge in [-0.25, -0.2) is 0 Å². The summed E-state index contributed by atoms with van der Waals surface area (Å²) in [6.07, 6.45) is 2.13. The molecule has 178 valence electrons. The summed E-state index contributed by atoms with van der Waals surface area (Å²) in [5.74, 6) is 0.0148. The summed E-state index contributed by atoms with van der Waals surface area (Å²) in [6.45, 7) is 2.36. The van der Waals surface area contributed by atoms with Crippen LogP contribution >= 0.6 is 23.2 Å². The monoisotopic (exact) mass is 506 g/mol. The molecular weight excluding hydrogens is 483 g/mol. The number of hydrogen-bond acceptors (Lipinski definition) is 4. The number of anilines is 1. The van der Waals surface area contributed by atoms with Gasteiger partial charge < -0.3 is 15.2 Å². The first-order chi connectivity index (χ1) is 17.0. The van der Waals surface area contributed by atoms with Gasteiger partial charge in [-0.1, -0.05) is 53.5 Å². The molecular formula is C27H24Cl2N4O2. The molecule has 2 atom stereocenters. The van der Waals surface area contributed by atoms with Gasteiger partial charge in [0.1, 0.15) is 5.69 Å². The Kier molecular flexibility index (Phi) is 5.67. The summed E-state index contributed by atoms with van der Waals surface area (Å²) in [4.78, 5) is 17.5. The minimum absolute atomic E-state index is 0.0148. The highest BCUT2D eigenvalue weighted by Crippen LogP contribution is 2.44. The van der Waals surface area contributed by atoms with Crippen LogP contribution in [-0.2, 0) is 0 Å². The van der Waals surface area contributed by atoms with E-state index in [4.69, 9.17) is 23.2 Å². The van der Waals surface area contributed by atoms with Crippen LogP contribution in [0.3, 0.4) is 0 Å². The zero-order valence-corrected chi connectivity index (χ0v) is 20.4. The van der Waals surface area contributed by atoms with Crippen molar-refractivity contribution in [2.75, 3.05) is 24.5 Å². The van der Waals surface area contributed by atoms with Crippen LogP contribution in [0.25, 0.3) is 10.9 Å². The van der Waals surface area contributed by atoms with Crippen molar-refractivity contribution in [2.45, 2.75) is 24.8 Å². The molecule has 8 heteroatoms. The highest BCUT2D eigenvalue weighted by molar-refractivity contribution is 6.35.